The van der Waals surface area contributed by atoms with Gasteiger partial charge in [-0.2, -0.15) is 0 Å². The Hall–Kier alpha value is -0.830. The van der Waals surface area contributed by atoms with Crippen LogP contribution < -0.4 is 0 Å². The second kappa shape index (κ2) is 5.75. The normalized spacial score (nSPS) is 11.0. The maximum atomic E-state index is 3.88. The van der Waals surface area contributed by atoms with E-state index in [1.54, 1.807) is 0 Å². The summed E-state index contributed by atoms with van der Waals surface area (Å²) in [5.74, 6) is 0. The van der Waals surface area contributed by atoms with Crippen molar-refractivity contribution < 1.29 is 0 Å². The summed E-state index contributed by atoms with van der Waals surface area (Å²) in [6.45, 7) is 8.92. The lowest BCUT2D eigenvalue weighted by Crippen LogP contribution is -2.24. The summed E-state index contributed by atoms with van der Waals surface area (Å²) in [6.07, 6.45) is 7.69. The Morgan fingerprint density at radius 3 is 2.69 bits per heavy atom. The third kappa shape index (κ3) is 3.59. The van der Waals surface area contributed by atoms with Crippen LogP contribution in [0.1, 0.15) is 20.3 Å². The van der Waals surface area contributed by atoms with Crippen LogP contribution in [-0.4, -0.2) is 34.1 Å². The van der Waals surface area contributed by atoms with E-state index < -0.39 is 0 Å². The first kappa shape index (κ1) is 10.3. The molecule has 3 nitrogen and oxygen atoms in total. The topological polar surface area (TPSA) is 21.1 Å². The van der Waals surface area contributed by atoms with Gasteiger partial charge >= 0.3 is 0 Å². The smallest absolute Gasteiger partial charge is 0.108 e. The van der Waals surface area contributed by atoms with Gasteiger partial charge < -0.3 is 9.47 Å². The largest absolute Gasteiger partial charge is 0.337 e. The maximum absolute atomic E-state index is 3.88. The van der Waals surface area contributed by atoms with Crippen molar-refractivity contribution in [3.8, 4) is 0 Å². The Kier molecular flexibility index (Phi) is 4.54. The van der Waals surface area contributed by atoms with Crippen LogP contribution >= 0.6 is 0 Å². The number of imidazole rings is 1. The molecule has 0 bridgehead atoms. The first-order valence-electron chi connectivity index (χ1n) is 4.97. The van der Waals surface area contributed by atoms with E-state index >= 15 is 0 Å². The van der Waals surface area contributed by atoms with Gasteiger partial charge in [-0.05, 0) is 26.1 Å². The summed E-state index contributed by atoms with van der Waals surface area (Å²) in [4.78, 5) is 6.32. The summed E-state index contributed by atoms with van der Waals surface area (Å²) in [6, 6.07) is 0. The Bertz CT molecular complexity index is 202. The van der Waals surface area contributed by atoms with E-state index in [0.717, 1.165) is 19.6 Å². The third-order valence-corrected chi connectivity index (χ3v) is 2.29. The highest BCUT2D eigenvalue weighted by Gasteiger charge is 1.97. The first-order valence-corrected chi connectivity index (χ1v) is 4.97. The van der Waals surface area contributed by atoms with E-state index in [9.17, 15) is 0 Å². The first-order chi connectivity index (χ1) is 6.36. The van der Waals surface area contributed by atoms with Gasteiger partial charge in [0.2, 0.25) is 0 Å². The lowest BCUT2D eigenvalue weighted by Gasteiger charge is -2.17. The third-order valence-electron chi connectivity index (χ3n) is 2.29. The van der Waals surface area contributed by atoms with Crippen molar-refractivity contribution in [1.29, 1.82) is 0 Å². The zero-order valence-corrected chi connectivity index (χ0v) is 8.53. The predicted molar refractivity (Wildman–Crippen MR) is 53.5 cm³/mol. The number of hydrogen-bond acceptors (Lipinski definition) is 2. The average Bonchev–Trinajstić information content (AvgIpc) is 2.65. The minimum absolute atomic E-state index is 1.05. The van der Waals surface area contributed by atoms with Gasteiger partial charge in [-0.15, -0.1) is 0 Å². The van der Waals surface area contributed by atoms with E-state index in [-0.39, 0.29) is 0 Å². The summed E-state index contributed by atoms with van der Waals surface area (Å²) in [7, 11) is 0. The standard InChI is InChI=1S/C10H18N3/c1-3-12(4-2)7-5-8-13-9-6-11-10-13/h9-10H,3-5,7-8H2,1-2H3. The molecule has 0 aliphatic rings. The molecule has 1 aromatic rings. The monoisotopic (exact) mass is 180 g/mol. The Balaban J connectivity index is 2.13. The van der Waals surface area contributed by atoms with E-state index in [2.05, 4.69) is 34.5 Å². The van der Waals surface area contributed by atoms with Crippen LogP contribution in [0.5, 0.6) is 0 Å². The minimum Gasteiger partial charge on any atom is -0.337 e. The summed E-state index contributed by atoms with van der Waals surface area (Å²) < 4.78 is 2.07. The SMILES string of the molecule is CCN(CC)CCCn1c[c]nc1. The second-order valence-electron chi connectivity index (χ2n) is 3.12. The number of aryl methyl sites for hydroxylation is 1. The molecule has 1 aromatic heterocycles. The van der Waals surface area contributed by atoms with Crippen LogP contribution in [0.4, 0.5) is 0 Å². The quantitative estimate of drug-likeness (QED) is 0.660. The number of rotatable bonds is 6. The molecule has 0 aliphatic carbocycles. The van der Waals surface area contributed by atoms with Gasteiger partial charge in [-0.1, -0.05) is 13.8 Å². The molecule has 0 aromatic carbocycles. The zero-order chi connectivity index (χ0) is 9.52. The molecule has 0 unspecified atom stereocenters. The second-order valence-corrected chi connectivity index (χ2v) is 3.12. The zero-order valence-electron chi connectivity index (χ0n) is 8.53. The molecule has 0 spiro atoms. The Morgan fingerprint density at radius 2 is 2.15 bits per heavy atom. The molecule has 0 saturated heterocycles. The van der Waals surface area contributed by atoms with Crippen LogP contribution in [0.2, 0.25) is 0 Å². The fraction of sp³-hybridized carbons (Fsp3) is 0.700. The van der Waals surface area contributed by atoms with Crippen LogP contribution in [0.3, 0.4) is 0 Å². The maximum Gasteiger partial charge on any atom is 0.108 e. The van der Waals surface area contributed by atoms with Gasteiger partial charge in [-0.3, -0.25) is 0 Å². The van der Waals surface area contributed by atoms with E-state index in [1.165, 1.54) is 13.0 Å². The molecule has 1 heterocycles. The van der Waals surface area contributed by atoms with Crippen molar-refractivity contribution in [2.24, 2.45) is 0 Å². The summed E-state index contributed by atoms with van der Waals surface area (Å²) in [5.41, 5.74) is 0. The van der Waals surface area contributed by atoms with Gasteiger partial charge in [0.1, 0.15) is 6.20 Å². The molecular formula is C10H18N3. The van der Waals surface area contributed by atoms with Crippen LogP contribution in [-0.2, 0) is 6.54 Å². The highest BCUT2D eigenvalue weighted by Crippen LogP contribution is 1.94. The Morgan fingerprint density at radius 1 is 1.38 bits per heavy atom. The van der Waals surface area contributed by atoms with Gasteiger partial charge in [0.05, 0.1) is 6.33 Å². The molecule has 0 amide bonds. The van der Waals surface area contributed by atoms with E-state index in [4.69, 9.17) is 0 Å². The lowest BCUT2D eigenvalue weighted by molar-refractivity contribution is 0.293. The molecule has 0 fully saturated rings. The Labute approximate surface area is 80.4 Å². The van der Waals surface area contributed by atoms with Gasteiger partial charge in [-0.25, -0.2) is 4.98 Å². The minimum atomic E-state index is 1.05. The molecule has 1 radical (unpaired) electrons. The fourth-order valence-electron chi connectivity index (χ4n) is 1.39. The molecule has 0 saturated carbocycles. The lowest BCUT2D eigenvalue weighted by atomic mass is 10.3. The van der Waals surface area contributed by atoms with Crippen LogP contribution in [0, 0.1) is 6.20 Å². The van der Waals surface area contributed by atoms with Crippen LogP contribution in [0.15, 0.2) is 12.5 Å². The molecular weight excluding hydrogens is 162 g/mol. The summed E-state index contributed by atoms with van der Waals surface area (Å²) in [5, 5.41) is 0. The average molecular weight is 180 g/mol. The van der Waals surface area contributed by atoms with Crippen molar-refractivity contribution in [3.63, 3.8) is 0 Å². The van der Waals surface area contributed by atoms with E-state index in [0.29, 0.717) is 0 Å². The highest BCUT2D eigenvalue weighted by atomic mass is 15.1. The van der Waals surface area contributed by atoms with Gasteiger partial charge in [0, 0.05) is 12.7 Å². The number of nitrogens with zero attached hydrogens (tertiary/aromatic N) is 3. The van der Waals surface area contributed by atoms with E-state index in [1.807, 2.05) is 12.5 Å². The van der Waals surface area contributed by atoms with Gasteiger partial charge in [0.25, 0.3) is 0 Å². The molecule has 3 heteroatoms. The number of hydrogen-bond donors (Lipinski definition) is 0. The van der Waals surface area contributed by atoms with Crippen molar-refractivity contribution in [3.05, 3.63) is 18.7 Å². The molecule has 0 aliphatic heterocycles. The highest BCUT2D eigenvalue weighted by molar-refractivity contribution is 4.71. The number of aromatic nitrogens is 2. The summed E-state index contributed by atoms with van der Waals surface area (Å²) >= 11 is 0. The van der Waals surface area contributed by atoms with Crippen molar-refractivity contribution in [1.82, 2.24) is 14.5 Å². The molecule has 73 valence electrons. The van der Waals surface area contributed by atoms with Crippen LogP contribution in [0.25, 0.3) is 0 Å². The fourth-order valence-corrected chi connectivity index (χ4v) is 1.39. The molecule has 0 atom stereocenters. The molecule has 13 heavy (non-hydrogen) atoms. The van der Waals surface area contributed by atoms with Crippen molar-refractivity contribution >= 4 is 0 Å². The molecule has 1 rings (SSSR count). The van der Waals surface area contributed by atoms with Crippen molar-refractivity contribution in [2.45, 2.75) is 26.8 Å². The predicted octanol–water partition coefficient (Wildman–Crippen LogP) is 1.42. The van der Waals surface area contributed by atoms with Gasteiger partial charge in [0.15, 0.2) is 0 Å². The van der Waals surface area contributed by atoms with Crippen molar-refractivity contribution in [2.75, 3.05) is 19.6 Å². The molecule has 0 N–H and O–H groups in total.